The Bertz CT molecular complexity index is 223. The Hall–Kier alpha value is -0.650. The van der Waals surface area contributed by atoms with Gasteiger partial charge < -0.3 is 15.2 Å². The number of ether oxygens (including phenoxy) is 2. The van der Waals surface area contributed by atoms with Crippen LogP contribution in [0.1, 0.15) is 20.3 Å². The first-order chi connectivity index (χ1) is 7.65. The molecule has 0 amide bonds. The number of rotatable bonds is 5. The highest BCUT2D eigenvalue weighted by Gasteiger charge is 2.21. The van der Waals surface area contributed by atoms with Gasteiger partial charge in [-0.15, -0.1) is 0 Å². The molecule has 0 aliphatic carbocycles. The molecule has 1 saturated heterocycles. The van der Waals surface area contributed by atoms with E-state index in [1.807, 2.05) is 0 Å². The lowest BCUT2D eigenvalue weighted by atomic mass is 10.2. The summed E-state index contributed by atoms with van der Waals surface area (Å²) in [5.41, 5.74) is 5.73. The van der Waals surface area contributed by atoms with E-state index in [0.717, 1.165) is 26.3 Å². The molecule has 1 fully saturated rings. The lowest BCUT2D eigenvalue weighted by Gasteiger charge is -2.33. The minimum atomic E-state index is -0.505. The highest BCUT2D eigenvalue weighted by Crippen LogP contribution is 2.07. The number of carbonyl (C=O) groups is 1. The lowest BCUT2D eigenvalue weighted by molar-refractivity contribution is -0.145. The third kappa shape index (κ3) is 4.08. The van der Waals surface area contributed by atoms with Crippen molar-refractivity contribution in [2.24, 2.45) is 5.73 Å². The van der Waals surface area contributed by atoms with E-state index in [-0.39, 0.29) is 5.97 Å². The normalized spacial score (nSPS) is 24.1. The molecular formula is C11H22N2O3. The maximum Gasteiger partial charge on any atom is 0.322 e. The summed E-state index contributed by atoms with van der Waals surface area (Å²) in [6.07, 6.45) is 0.642. The monoisotopic (exact) mass is 230 g/mol. The average Bonchev–Trinajstić information content (AvgIpc) is 2.28. The van der Waals surface area contributed by atoms with Gasteiger partial charge in [0.15, 0.2) is 0 Å². The van der Waals surface area contributed by atoms with Gasteiger partial charge in [0, 0.05) is 19.1 Å². The number of hydrogen-bond donors (Lipinski definition) is 1. The molecule has 5 heteroatoms. The molecule has 1 rings (SSSR count). The molecule has 1 heterocycles. The number of carbonyl (C=O) groups excluding carboxylic acids is 1. The smallest absolute Gasteiger partial charge is 0.322 e. The van der Waals surface area contributed by atoms with Crippen LogP contribution >= 0.6 is 0 Å². The molecule has 1 aliphatic rings. The Morgan fingerprint density at radius 2 is 2.44 bits per heavy atom. The minimum Gasteiger partial charge on any atom is -0.465 e. The van der Waals surface area contributed by atoms with E-state index in [0.29, 0.717) is 19.1 Å². The molecular weight excluding hydrogens is 208 g/mol. The fourth-order valence-corrected chi connectivity index (χ4v) is 1.77. The summed E-state index contributed by atoms with van der Waals surface area (Å²) < 4.78 is 10.2. The van der Waals surface area contributed by atoms with Crippen LogP contribution in [0.15, 0.2) is 0 Å². The van der Waals surface area contributed by atoms with Crippen LogP contribution in [0.2, 0.25) is 0 Å². The van der Waals surface area contributed by atoms with Gasteiger partial charge in [-0.05, 0) is 20.3 Å². The Morgan fingerprint density at radius 1 is 1.69 bits per heavy atom. The van der Waals surface area contributed by atoms with Crippen molar-refractivity contribution < 1.29 is 14.3 Å². The van der Waals surface area contributed by atoms with Crippen molar-refractivity contribution in [3.05, 3.63) is 0 Å². The van der Waals surface area contributed by atoms with E-state index in [4.69, 9.17) is 15.2 Å². The van der Waals surface area contributed by atoms with Crippen LogP contribution in [0.5, 0.6) is 0 Å². The van der Waals surface area contributed by atoms with Crippen LogP contribution in [0.25, 0.3) is 0 Å². The quantitative estimate of drug-likeness (QED) is 0.673. The van der Waals surface area contributed by atoms with E-state index in [1.54, 1.807) is 6.92 Å². The van der Waals surface area contributed by atoms with Crippen molar-refractivity contribution >= 4 is 5.97 Å². The first-order valence-corrected chi connectivity index (χ1v) is 5.89. The van der Waals surface area contributed by atoms with Crippen molar-refractivity contribution in [1.29, 1.82) is 0 Å². The third-order valence-corrected chi connectivity index (χ3v) is 2.82. The molecule has 0 spiro atoms. The molecule has 0 aromatic rings. The Kier molecular flexibility index (Phi) is 5.73. The minimum absolute atomic E-state index is 0.302. The summed E-state index contributed by atoms with van der Waals surface area (Å²) in [5.74, 6) is -0.302. The number of nitrogens with two attached hydrogens (primary N) is 1. The van der Waals surface area contributed by atoms with Gasteiger partial charge in [0.2, 0.25) is 0 Å². The number of nitrogens with zero attached hydrogens (tertiary/aromatic N) is 1. The zero-order valence-electron chi connectivity index (χ0n) is 10.1. The summed E-state index contributed by atoms with van der Waals surface area (Å²) in [7, 11) is 0. The Labute approximate surface area is 96.9 Å². The van der Waals surface area contributed by atoms with Gasteiger partial charge >= 0.3 is 5.97 Å². The molecule has 0 saturated carbocycles. The van der Waals surface area contributed by atoms with Gasteiger partial charge in [-0.3, -0.25) is 9.69 Å². The summed E-state index contributed by atoms with van der Waals surface area (Å²) >= 11 is 0. The van der Waals surface area contributed by atoms with Crippen molar-refractivity contribution in [1.82, 2.24) is 4.90 Å². The van der Waals surface area contributed by atoms with Crippen molar-refractivity contribution in [3.63, 3.8) is 0 Å². The highest BCUT2D eigenvalue weighted by molar-refractivity contribution is 5.75. The largest absolute Gasteiger partial charge is 0.465 e. The number of esters is 1. The van der Waals surface area contributed by atoms with Gasteiger partial charge in [-0.2, -0.15) is 0 Å². The molecule has 0 bridgehead atoms. The van der Waals surface area contributed by atoms with Crippen LogP contribution in [0.4, 0.5) is 0 Å². The molecule has 16 heavy (non-hydrogen) atoms. The molecule has 2 unspecified atom stereocenters. The van der Waals surface area contributed by atoms with E-state index in [9.17, 15) is 4.79 Å². The first kappa shape index (κ1) is 13.4. The SMILES string of the molecule is CCOC(=O)C(N)CCN1CCOCC1C. The second-order valence-electron chi connectivity index (χ2n) is 4.11. The van der Waals surface area contributed by atoms with Gasteiger partial charge in [0.25, 0.3) is 0 Å². The summed E-state index contributed by atoms with van der Waals surface area (Å²) in [4.78, 5) is 13.6. The maximum atomic E-state index is 11.3. The van der Waals surface area contributed by atoms with Gasteiger partial charge in [-0.1, -0.05) is 0 Å². The van der Waals surface area contributed by atoms with Crippen molar-refractivity contribution in [2.75, 3.05) is 32.9 Å². The molecule has 0 aromatic carbocycles. The Morgan fingerprint density at radius 3 is 3.06 bits per heavy atom. The van der Waals surface area contributed by atoms with E-state index in [1.165, 1.54) is 0 Å². The Balaban J connectivity index is 2.24. The molecule has 2 N–H and O–H groups in total. The first-order valence-electron chi connectivity index (χ1n) is 5.89. The fourth-order valence-electron chi connectivity index (χ4n) is 1.77. The van der Waals surface area contributed by atoms with E-state index < -0.39 is 6.04 Å². The topological polar surface area (TPSA) is 64.8 Å². The standard InChI is InChI=1S/C11H22N2O3/c1-3-16-11(14)10(12)4-5-13-6-7-15-8-9(13)2/h9-10H,3-8,12H2,1-2H3. The maximum absolute atomic E-state index is 11.3. The average molecular weight is 230 g/mol. The molecule has 2 atom stereocenters. The van der Waals surface area contributed by atoms with E-state index >= 15 is 0 Å². The zero-order chi connectivity index (χ0) is 12.0. The molecule has 5 nitrogen and oxygen atoms in total. The summed E-state index contributed by atoms with van der Waals surface area (Å²) in [6.45, 7) is 7.55. The third-order valence-electron chi connectivity index (χ3n) is 2.82. The number of hydrogen-bond acceptors (Lipinski definition) is 5. The second-order valence-corrected chi connectivity index (χ2v) is 4.11. The highest BCUT2D eigenvalue weighted by atomic mass is 16.5. The molecule has 0 aromatic heterocycles. The molecule has 0 radical (unpaired) electrons. The van der Waals surface area contributed by atoms with Gasteiger partial charge in [-0.25, -0.2) is 0 Å². The van der Waals surface area contributed by atoms with Crippen LogP contribution in [0, 0.1) is 0 Å². The summed E-state index contributed by atoms with van der Waals surface area (Å²) in [6, 6.07) is -0.0989. The van der Waals surface area contributed by atoms with Crippen LogP contribution < -0.4 is 5.73 Å². The predicted octanol–water partition coefficient (Wildman–Crippen LogP) is -0.0124. The number of morpholine rings is 1. The summed E-state index contributed by atoms with van der Waals surface area (Å²) in [5, 5.41) is 0. The lowest BCUT2D eigenvalue weighted by Crippen LogP contribution is -2.46. The fraction of sp³-hybridized carbons (Fsp3) is 0.909. The van der Waals surface area contributed by atoms with Crippen molar-refractivity contribution in [2.45, 2.75) is 32.4 Å². The second kappa shape index (κ2) is 6.83. The van der Waals surface area contributed by atoms with Crippen molar-refractivity contribution in [3.8, 4) is 0 Å². The van der Waals surface area contributed by atoms with Crippen LogP contribution in [-0.4, -0.2) is 55.9 Å². The van der Waals surface area contributed by atoms with E-state index in [2.05, 4.69) is 11.8 Å². The van der Waals surface area contributed by atoms with Gasteiger partial charge in [0.05, 0.1) is 19.8 Å². The van der Waals surface area contributed by atoms with Crippen LogP contribution in [0.3, 0.4) is 0 Å². The van der Waals surface area contributed by atoms with Crippen LogP contribution in [-0.2, 0) is 14.3 Å². The van der Waals surface area contributed by atoms with Gasteiger partial charge in [0.1, 0.15) is 6.04 Å². The zero-order valence-corrected chi connectivity index (χ0v) is 10.1. The molecule has 94 valence electrons. The molecule has 1 aliphatic heterocycles. The predicted molar refractivity (Wildman–Crippen MR) is 61.1 cm³/mol.